The van der Waals surface area contributed by atoms with Crippen LogP contribution in [-0.4, -0.2) is 22.3 Å². The Balaban J connectivity index is 1.41. The van der Waals surface area contributed by atoms with Crippen molar-refractivity contribution in [2.75, 3.05) is 0 Å². The van der Waals surface area contributed by atoms with E-state index in [1.165, 1.54) is 51.4 Å². The van der Waals surface area contributed by atoms with Crippen LogP contribution in [0.3, 0.4) is 0 Å². The molecule has 9 atom stereocenters. The van der Waals surface area contributed by atoms with Crippen molar-refractivity contribution in [2.45, 2.75) is 87.5 Å². The van der Waals surface area contributed by atoms with Gasteiger partial charge in [0.2, 0.25) is 0 Å². The van der Waals surface area contributed by atoms with Gasteiger partial charge in [-0.1, -0.05) is 42.6 Å². The van der Waals surface area contributed by atoms with E-state index in [0.29, 0.717) is 28.6 Å². The zero-order chi connectivity index (χ0) is 15.0. The van der Waals surface area contributed by atoms with Gasteiger partial charge < -0.3 is 9.47 Å². The van der Waals surface area contributed by atoms with Crippen LogP contribution < -0.4 is 0 Å². The number of alkyl halides is 1. The first-order chi connectivity index (χ1) is 10.4. The molecule has 0 N–H and O–H groups in total. The van der Waals surface area contributed by atoms with Crippen LogP contribution in [0.2, 0.25) is 0 Å². The molecule has 22 heavy (non-hydrogen) atoms. The number of epoxide rings is 2. The smallest absolute Gasteiger partial charge is 0.154 e. The average Bonchev–Trinajstić information content (AvgIpc) is 3.34. The minimum absolute atomic E-state index is 0.0298. The molecule has 0 aromatic heterocycles. The summed E-state index contributed by atoms with van der Waals surface area (Å²) in [7, 11) is 0. The highest BCUT2D eigenvalue weighted by Gasteiger charge is 2.80. The first-order valence-corrected chi connectivity index (χ1v) is 10.3. The average molecular weight is 367 g/mol. The van der Waals surface area contributed by atoms with Crippen LogP contribution in [-0.2, 0) is 9.47 Å². The number of hydrogen-bond donors (Lipinski definition) is 0. The number of ether oxygens (including phenoxy) is 2. The molecule has 4 saturated carbocycles. The number of rotatable bonds is 0. The molecule has 0 bridgehead atoms. The maximum absolute atomic E-state index is 6.47. The molecule has 1 spiro atoms. The van der Waals surface area contributed by atoms with Crippen molar-refractivity contribution in [1.82, 2.24) is 0 Å². The molecule has 4 unspecified atom stereocenters. The summed E-state index contributed by atoms with van der Waals surface area (Å²) in [4.78, 5) is 0. The first-order valence-electron chi connectivity index (χ1n) is 9.49. The summed E-state index contributed by atoms with van der Waals surface area (Å²) in [6.45, 7) is 5.11. The van der Waals surface area contributed by atoms with Gasteiger partial charge in [0.05, 0.1) is 12.2 Å². The molecule has 122 valence electrons. The second kappa shape index (κ2) is 3.65. The van der Waals surface area contributed by atoms with Crippen LogP contribution in [0.25, 0.3) is 0 Å². The van der Waals surface area contributed by atoms with E-state index in [-0.39, 0.29) is 4.51 Å². The van der Waals surface area contributed by atoms with Crippen molar-refractivity contribution in [1.29, 1.82) is 0 Å². The SMILES string of the molecule is C[C@]12CC[C@@H]3[C@@H](CC4OC45CCCC[C@]35C)[C@@H]1CC1OC12Br. The fourth-order valence-corrected chi connectivity index (χ4v) is 8.90. The Morgan fingerprint density at radius 1 is 0.864 bits per heavy atom. The van der Waals surface area contributed by atoms with E-state index >= 15 is 0 Å². The summed E-state index contributed by atoms with van der Waals surface area (Å²) < 4.78 is 12.5. The topological polar surface area (TPSA) is 25.1 Å². The molecule has 6 aliphatic rings. The summed E-state index contributed by atoms with van der Waals surface area (Å²) in [6.07, 6.45) is 12.0. The molecular weight excluding hydrogens is 340 g/mol. The Hall–Kier alpha value is 0.400. The van der Waals surface area contributed by atoms with Crippen molar-refractivity contribution in [3.05, 3.63) is 0 Å². The Morgan fingerprint density at radius 3 is 2.55 bits per heavy atom. The van der Waals surface area contributed by atoms with Crippen molar-refractivity contribution < 1.29 is 9.47 Å². The van der Waals surface area contributed by atoms with E-state index < -0.39 is 0 Å². The van der Waals surface area contributed by atoms with E-state index in [9.17, 15) is 0 Å². The predicted octanol–water partition coefficient (Wildman–Crippen LogP) is 4.65. The van der Waals surface area contributed by atoms with E-state index in [0.717, 1.165) is 17.8 Å². The van der Waals surface area contributed by atoms with Crippen molar-refractivity contribution >= 4 is 15.9 Å². The van der Waals surface area contributed by atoms with Crippen molar-refractivity contribution in [3.63, 3.8) is 0 Å². The Labute approximate surface area is 141 Å². The lowest BCUT2D eigenvalue weighted by Crippen LogP contribution is -2.57. The zero-order valence-corrected chi connectivity index (χ0v) is 15.3. The van der Waals surface area contributed by atoms with E-state index in [1.807, 2.05) is 0 Å². The lowest BCUT2D eigenvalue weighted by Gasteiger charge is -2.58. The van der Waals surface area contributed by atoms with E-state index in [2.05, 4.69) is 29.8 Å². The summed E-state index contributed by atoms with van der Waals surface area (Å²) in [5.74, 6) is 2.64. The molecule has 6 fully saturated rings. The van der Waals surface area contributed by atoms with Crippen LogP contribution in [0, 0.1) is 28.6 Å². The Kier molecular flexibility index (Phi) is 2.27. The molecule has 0 aromatic carbocycles. The Bertz CT molecular complexity index is 566. The zero-order valence-electron chi connectivity index (χ0n) is 13.7. The van der Waals surface area contributed by atoms with Gasteiger partial charge in [0, 0.05) is 10.8 Å². The monoisotopic (exact) mass is 366 g/mol. The van der Waals surface area contributed by atoms with Gasteiger partial charge in [0.15, 0.2) is 4.51 Å². The van der Waals surface area contributed by atoms with Gasteiger partial charge in [-0.3, -0.25) is 0 Å². The second-order valence-corrected chi connectivity index (χ2v) is 10.9. The molecule has 6 rings (SSSR count). The fraction of sp³-hybridized carbons (Fsp3) is 1.00. The molecule has 3 heteroatoms. The molecule has 0 radical (unpaired) electrons. The highest BCUT2D eigenvalue weighted by Crippen LogP contribution is 2.78. The Morgan fingerprint density at radius 2 is 1.68 bits per heavy atom. The molecule has 2 heterocycles. The summed E-state index contributed by atoms with van der Waals surface area (Å²) in [6, 6.07) is 0. The highest BCUT2D eigenvalue weighted by atomic mass is 79.9. The first kappa shape index (κ1) is 13.7. The number of hydrogen-bond acceptors (Lipinski definition) is 2. The largest absolute Gasteiger partial charge is 0.365 e. The molecule has 2 saturated heterocycles. The van der Waals surface area contributed by atoms with Crippen molar-refractivity contribution in [3.8, 4) is 0 Å². The van der Waals surface area contributed by atoms with Gasteiger partial charge in [-0.15, -0.1) is 0 Å². The van der Waals surface area contributed by atoms with Crippen LogP contribution in [0.4, 0.5) is 0 Å². The number of fused-ring (bicyclic) bond motifs is 6. The van der Waals surface area contributed by atoms with E-state index in [1.54, 1.807) is 0 Å². The maximum Gasteiger partial charge on any atom is 0.154 e. The molecule has 0 amide bonds. The maximum atomic E-state index is 6.47. The molecule has 2 nitrogen and oxygen atoms in total. The molecule has 0 aromatic rings. The summed E-state index contributed by atoms with van der Waals surface area (Å²) in [5.41, 5.74) is 1.12. The van der Waals surface area contributed by atoms with Crippen LogP contribution >= 0.6 is 15.9 Å². The predicted molar refractivity (Wildman–Crippen MR) is 87.8 cm³/mol. The van der Waals surface area contributed by atoms with Gasteiger partial charge in [0.1, 0.15) is 5.60 Å². The molecule has 2 aliphatic heterocycles. The fourth-order valence-electron chi connectivity index (χ4n) is 8.00. The molecule has 4 aliphatic carbocycles. The third kappa shape index (κ3) is 1.22. The van der Waals surface area contributed by atoms with Crippen LogP contribution in [0.5, 0.6) is 0 Å². The second-order valence-electron chi connectivity index (χ2n) is 9.68. The van der Waals surface area contributed by atoms with Crippen molar-refractivity contribution in [2.24, 2.45) is 28.6 Å². The van der Waals surface area contributed by atoms with E-state index in [4.69, 9.17) is 9.47 Å². The van der Waals surface area contributed by atoms with Gasteiger partial charge >= 0.3 is 0 Å². The lowest BCUT2D eigenvalue weighted by molar-refractivity contribution is -0.106. The van der Waals surface area contributed by atoms with Gasteiger partial charge in [-0.05, 0) is 56.3 Å². The standard InChI is InChI=1S/C19H27BrO2/c1-16-6-3-4-7-18(16)14(21-18)9-11-12(16)5-8-17(2)13(11)10-15-19(17,20)22-15/h11-15H,3-10H2,1-2H3/t11-,12-,13+,14?,15?,16-,17+,18?,19?/m1/s1. The summed E-state index contributed by atoms with van der Waals surface area (Å²) in [5, 5.41) is 0. The minimum Gasteiger partial charge on any atom is -0.365 e. The van der Waals surface area contributed by atoms with Gasteiger partial charge in [-0.25, -0.2) is 0 Å². The highest BCUT2D eigenvalue weighted by molar-refractivity contribution is 9.10. The summed E-state index contributed by atoms with van der Waals surface area (Å²) >= 11 is 3.98. The van der Waals surface area contributed by atoms with Crippen LogP contribution in [0.15, 0.2) is 0 Å². The number of halogens is 1. The third-order valence-electron chi connectivity index (χ3n) is 9.33. The normalized spacial score (nSPS) is 70.8. The van der Waals surface area contributed by atoms with Gasteiger partial charge in [-0.2, -0.15) is 0 Å². The third-order valence-corrected chi connectivity index (χ3v) is 10.9. The van der Waals surface area contributed by atoms with Gasteiger partial charge in [0.25, 0.3) is 0 Å². The lowest BCUT2D eigenvalue weighted by atomic mass is 9.45. The van der Waals surface area contributed by atoms with Crippen LogP contribution in [0.1, 0.15) is 65.2 Å². The minimum atomic E-state index is 0.0298. The quantitative estimate of drug-likeness (QED) is 0.460. The molecular formula is C19H27BrO2.